The van der Waals surface area contributed by atoms with E-state index in [2.05, 4.69) is 28.9 Å². The van der Waals surface area contributed by atoms with Crippen molar-refractivity contribution >= 4 is 0 Å². The van der Waals surface area contributed by atoms with E-state index in [4.69, 9.17) is 0 Å². The third-order valence-electron chi connectivity index (χ3n) is 1.69. The maximum atomic E-state index is 3.06. The summed E-state index contributed by atoms with van der Waals surface area (Å²) in [5.41, 5.74) is 1.22. The first kappa shape index (κ1) is 6.98. The minimum absolute atomic E-state index is 1.01. The summed E-state index contributed by atoms with van der Waals surface area (Å²) >= 11 is 0. The van der Waals surface area contributed by atoms with E-state index in [0.717, 1.165) is 5.82 Å². The van der Waals surface area contributed by atoms with Crippen molar-refractivity contribution < 1.29 is 0 Å². The summed E-state index contributed by atoms with van der Waals surface area (Å²) in [6.07, 6.45) is 16.0. The van der Waals surface area contributed by atoms with Crippen LogP contribution in [0.4, 0.5) is 0 Å². The number of hydrogen-bond donors (Lipinski definition) is 2. The molecule has 0 saturated carbocycles. The first-order valence-corrected chi connectivity index (χ1v) is 3.90. The maximum Gasteiger partial charge on any atom is 0.107 e. The lowest BCUT2D eigenvalue weighted by atomic mass is 10.3. The monoisotopic (exact) mass is 158 g/mol. The van der Waals surface area contributed by atoms with E-state index in [1.54, 1.807) is 0 Å². The Morgan fingerprint density at radius 3 is 2.25 bits per heavy atom. The normalized spacial score (nSPS) is 18.0. The van der Waals surface area contributed by atoms with Gasteiger partial charge in [-0.2, -0.15) is 0 Å². The van der Waals surface area contributed by atoms with Crippen molar-refractivity contribution in [3.63, 3.8) is 0 Å². The fourth-order valence-electron chi connectivity index (χ4n) is 1.08. The van der Waals surface area contributed by atoms with Crippen molar-refractivity contribution in [3.8, 4) is 0 Å². The molecule has 0 aromatic carbocycles. The fourth-order valence-corrected chi connectivity index (χ4v) is 1.08. The van der Waals surface area contributed by atoms with Gasteiger partial charge in [-0.1, -0.05) is 30.4 Å². The summed E-state index contributed by atoms with van der Waals surface area (Å²) in [4.78, 5) is 0. The van der Waals surface area contributed by atoms with E-state index in [1.165, 1.54) is 5.57 Å². The van der Waals surface area contributed by atoms with E-state index < -0.39 is 0 Å². The van der Waals surface area contributed by atoms with Crippen molar-refractivity contribution in [1.29, 1.82) is 0 Å². The average Bonchev–Trinajstić information content (AvgIpc) is 2.74. The van der Waals surface area contributed by atoms with Crippen LogP contribution in [0.2, 0.25) is 0 Å². The van der Waals surface area contributed by atoms with Crippen LogP contribution in [0, 0.1) is 0 Å². The third-order valence-corrected chi connectivity index (χ3v) is 1.69. The SMILES string of the molecule is C1=CC(=CC=C2NC=CN2)C=C1. The summed E-state index contributed by atoms with van der Waals surface area (Å²) in [5.74, 6) is 1.01. The molecule has 1 aliphatic heterocycles. The first-order chi connectivity index (χ1) is 5.95. The van der Waals surface area contributed by atoms with Crippen molar-refractivity contribution in [2.45, 2.75) is 0 Å². The zero-order chi connectivity index (χ0) is 8.23. The second-order valence-electron chi connectivity index (χ2n) is 2.59. The van der Waals surface area contributed by atoms with Gasteiger partial charge in [-0.05, 0) is 11.6 Å². The Morgan fingerprint density at radius 1 is 0.917 bits per heavy atom. The van der Waals surface area contributed by atoms with Crippen LogP contribution in [0.25, 0.3) is 0 Å². The van der Waals surface area contributed by atoms with Gasteiger partial charge in [0.25, 0.3) is 0 Å². The number of allylic oxidation sites excluding steroid dienone is 7. The minimum atomic E-state index is 1.01. The van der Waals surface area contributed by atoms with Gasteiger partial charge in [0, 0.05) is 12.4 Å². The van der Waals surface area contributed by atoms with E-state index in [-0.39, 0.29) is 0 Å². The van der Waals surface area contributed by atoms with Crippen LogP contribution in [-0.2, 0) is 0 Å². The smallest absolute Gasteiger partial charge is 0.107 e. The number of rotatable bonds is 1. The average molecular weight is 158 g/mol. The summed E-state index contributed by atoms with van der Waals surface area (Å²) in [7, 11) is 0. The van der Waals surface area contributed by atoms with Gasteiger partial charge in [-0.3, -0.25) is 0 Å². The highest BCUT2D eigenvalue weighted by Gasteiger charge is 1.94. The molecule has 0 spiro atoms. The van der Waals surface area contributed by atoms with Crippen LogP contribution in [0.3, 0.4) is 0 Å². The van der Waals surface area contributed by atoms with Crippen LogP contribution in [0.1, 0.15) is 0 Å². The van der Waals surface area contributed by atoms with Crippen molar-refractivity contribution in [2.75, 3.05) is 0 Å². The molecule has 0 aromatic heterocycles. The fraction of sp³-hybridized carbons (Fsp3) is 0. The Kier molecular flexibility index (Phi) is 1.82. The van der Waals surface area contributed by atoms with Gasteiger partial charge in [0.1, 0.15) is 5.82 Å². The van der Waals surface area contributed by atoms with Crippen molar-refractivity contribution in [3.05, 3.63) is 60.3 Å². The molecule has 2 aliphatic rings. The highest BCUT2D eigenvalue weighted by molar-refractivity contribution is 5.42. The zero-order valence-electron chi connectivity index (χ0n) is 6.62. The molecular formula is C10H10N2. The zero-order valence-corrected chi connectivity index (χ0v) is 6.62. The predicted octanol–water partition coefficient (Wildman–Crippen LogP) is 1.54. The molecule has 2 N–H and O–H groups in total. The molecule has 12 heavy (non-hydrogen) atoms. The van der Waals surface area contributed by atoms with Crippen LogP contribution < -0.4 is 10.6 Å². The summed E-state index contributed by atoms with van der Waals surface area (Å²) < 4.78 is 0. The molecule has 2 heteroatoms. The Balaban J connectivity index is 2.04. The van der Waals surface area contributed by atoms with Crippen molar-refractivity contribution in [2.24, 2.45) is 0 Å². The Labute approximate surface area is 71.7 Å². The van der Waals surface area contributed by atoms with Crippen LogP contribution >= 0.6 is 0 Å². The Morgan fingerprint density at radius 2 is 1.58 bits per heavy atom. The highest BCUT2D eigenvalue weighted by atomic mass is 15.1. The molecular weight excluding hydrogens is 148 g/mol. The lowest BCUT2D eigenvalue weighted by Gasteiger charge is -1.95. The van der Waals surface area contributed by atoms with Crippen LogP contribution in [0.5, 0.6) is 0 Å². The first-order valence-electron chi connectivity index (χ1n) is 3.90. The van der Waals surface area contributed by atoms with Gasteiger partial charge in [-0.15, -0.1) is 0 Å². The molecule has 1 aliphatic carbocycles. The number of nitrogens with one attached hydrogen (secondary N) is 2. The quantitative estimate of drug-likeness (QED) is 0.605. The van der Waals surface area contributed by atoms with Gasteiger partial charge in [-0.25, -0.2) is 0 Å². The molecule has 60 valence electrons. The minimum Gasteiger partial charge on any atom is -0.347 e. The Hall–Kier alpha value is -1.70. The maximum absolute atomic E-state index is 3.06. The predicted molar refractivity (Wildman–Crippen MR) is 49.9 cm³/mol. The summed E-state index contributed by atoms with van der Waals surface area (Å²) in [6.45, 7) is 0. The van der Waals surface area contributed by atoms with E-state index in [0.29, 0.717) is 0 Å². The molecule has 2 rings (SSSR count). The van der Waals surface area contributed by atoms with E-state index in [1.807, 2.05) is 30.6 Å². The summed E-state index contributed by atoms with van der Waals surface area (Å²) in [6, 6.07) is 0. The van der Waals surface area contributed by atoms with Crippen LogP contribution in [0.15, 0.2) is 60.3 Å². The van der Waals surface area contributed by atoms with Crippen molar-refractivity contribution in [1.82, 2.24) is 10.6 Å². The van der Waals surface area contributed by atoms with Gasteiger partial charge in [0.2, 0.25) is 0 Å². The number of hydrogen-bond acceptors (Lipinski definition) is 2. The summed E-state index contributed by atoms with van der Waals surface area (Å²) in [5, 5.41) is 6.11. The Bertz CT molecular complexity index is 293. The molecule has 0 bridgehead atoms. The van der Waals surface area contributed by atoms with E-state index in [9.17, 15) is 0 Å². The van der Waals surface area contributed by atoms with Gasteiger partial charge >= 0.3 is 0 Å². The molecule has 0 unspecified atom stereocenters. The van der Waals surface area contributed by atoms with Crippen LogP contribution in [-0.4, -0.2) is 0 Å². The third kappa shape index (κ3) is 1.48. The molecule has 2 nitrogen and oxygen atoms in total. The van der Waals surface area contributed by atoms with Gasteiger partial charge < -0.3 is 10.6 Å². The second-order valence-corrected chi connectivity index (χ2v) is 2.59. The second kappa shape index (κ2) is 3.13. The molecule has 0 radical (unpaired) electrons. The lowest BCUT2D eigenvalue weighted by molar-refractivity contribution is 0.989. The topological polar surface area (TPSA) is 24.1 Å². The molecule has 0 atom stereocenters. The van der Waals surface area contributed by atoms with Gasteiger partial charge in [0.05, 0.1) is 0 Å². The molecule has 0 fully saturated rings. The molecule has 0 saturated heterocycles. The molecule has 0 aromatic rings. The molecule has 1 heterocycles. The lowest BCUT2D eigenvalue weighted by Crippen LogP contribution is -2.08. The molecule has 0 amide bonds. The van der Waals surface area contributed by atoms with Gasteiger partial charge in [0.15, 0.2) is 0 Å². The largest absolute Gasteiger partial charge is 0.347 e. The van der Waals surface area contributed by atoms with E-state index >= 15 is 0 Å². The highest BCUT2D eigenvalue weighted by Crippen LogP contribution is 2.07. The standard InChI is InChI=1S/C10H10N2/c1-2-4-9(3-1)5-6-10-11-7-8-12-10/h1-8,11-12H.